The monoisotopic (exact) mass is 338 g/mol. The van der Waals surface area contributed by atoms with E-state index in [0.717, 1.165) is 12.1 Å². The average molecular weight is 338 g/mol. The second-order valence-corrected chi connectivity index (χ2v) is 4.63. The van der Waals surface area contributed by atoms with Gasteiger partial charge in [-0.15, -0.1) is 5.10 Å². The Kier molecular flexibility index (Phi) is 5.42. The maximum atomic E-state index is 12.5. The number of alkyl halides is 3. The Morgan fingerprint density at radius 2 is 2.17 bits per heavy atom. The molecule has 1 aromatic carbocycles. The molecule has 2 rings (SSSR count). The van der Waals surface area contributed by atoms with Gasteiger partial charge in [0.25, 0.3) is 5.91 Å². The molecule has 1 aromatic heterocycles. The van der Waals surface area contributed by atoms with Crippen LogP contribution in [0.2, 0.25) is 0 Å². The third-order valence-electron chi connectivity index (χ3n) is 2.77. The Labute approximate surface area is 135 Å². The quantitative estimate of drug-likeness (QED) is 0.861. The lowest BCUT2D eigenvalue weighted by atomic mass is 10.2. The lowest BCUT2D eigenvalue weighted by Gasteiger charge is -2.08. The largest absolute Gasteiger partial charge is 0.481 e. The van der Waals surface area contributed by atoms with Crippen molar-refractivity contribution < 1.29 is 22.7 Å². The van der Waals surface area contributed by atoms with E-state index < -0.39 is 17.6 Å². The fraction of sp³-hybridized carbons (Fsp3) is 0.267. The van der Waals surface area contributed by atoms with Gasteiger partial charge in [0.15, 0.2) is 5.69 Å². The van der Waals surface area contributed by atoms with Gasteiger partial charge in [-0.25, -0.2) is 0 Å². The maximum Gasteiger partial charge on any atom is 0.416 e. The highest BCUT2D eigenvalue weighted by atomic mass is 19.4. The minimum absolute atomic E-state index is 0.0569. The molecule has 1 heterocycles. The van der Waals surface area contributed by atoms with Crippen molar-refractivity contribution in [1.82, 2.24) is 20.3 Å². The average Bonchev–Trinajstić information content (AvgIpc) is 2.96. The Balaban J connectivity index is 1.77. The number of amides is 1. The van der Waals surface area contributed by atoms with E-state index in [1.807, 2.05) is 0 Å². The SMILES string of the molecule is Cn1cc(C(=O)NCC#CCOc2cccc(C(F)(F)F)c2)nn1. The molecule has 0 unspecified atom stereocenters. The van der Waals surface area contributed by atoms with E-state index in [9.17, 15) is 18.0 Å². The van der Waals surface area contributed by atoms with Crippen LogP contribution >= 0.6 is 0 Å². The Morgan fingerprint density at radius 3 is 2.83 bits per heavy atom. The Bertz CT molecular complexity index is 775. The zero-order chi connectivity index (χ0) is 17.6. The van der Waals surface area contributed by atoms with E-state index in [0.29, 0.717) is 0 Å². The molecule has 0 aliphatic rings. The van der Waals surface area contributed by atoms with E-state index in [1.165, 1.54) is 23.0 Å². The number of carbonyl (C=O) groups excluding carboxylic acids is 1. The van der Waals surface area contributed by atoms with E-state index in [2.05, 4.69) is 27.5 Å². The second-order valence-electron chi connectivity index (χ2n) is 4.63. The number of hydrogen-bond donors (Lipinski definition) is 1. The van der Waals surface area contributed by atoms with Gasteiger partial charge in [-0.3, -0.25) is 9.48 Å². The number of aryl methyl sites for hydroxylation is 1. The number of carbonyl (C=O) groups is 1. The third-order valence-corrected chi connectivity index (χ3v) is 2.77. The van der Waals surface area contributed by atoms with Crippen molar-refractivity contribution in [3.63, 3.8) is 0 Å². The summed E-state index contributed by atoms with van der Waals surface area (Å²) in [6.45, 7) is -0.0380. The summed E-state index contributed by atoms with van der Waals surface area (Å²) in [5, 5.41) is 9.76. The molecule has 0 spiro atoms. The zero-order valence-electron chi connectivity index (χ0n) is 12.6. The number of nitrogens with one attached hydrogen (secondary N) is 1. The van der Waals surface area contributed by atoms with Gasteiger partial charge in [-0.2, -0.15) is 13.2 Å². The molecular weight excluding hydrogens is 325 g/mol. The first-order valence-electron chi connectivity index (χ1n) is 6.76. The van der Waals surface area contributed by atoms with Crippen LogP contribution in [0.3, 0.4) is 0 Å². The first kappa shape index (κ1) is 17.3. The van der Waals surface area contributed by atoms with Crippen LogP contribution in [0.15, 0.2) is 30.5 Å². The van der Waals surface area contributed by atoms with Crippen molar-refractivity contribution in [2.45, 2.75) is 6.18 Å². The summed E-state index contributed by atoms with van der Waals surface area (Å²) >= 11 is 0. The summed E-state index contributed by atoms with van der Waals surface area (Å²) in [7, 11) is 1.63. The highest BCUT2D eigenvalue weighted by Gasteiger charge is 2.30. The molecular formula is C15H13F3N4O2. The number of aromatic nitrogens is 3. The molecule has 0 atom stereocenters. The predicted octanol–water partition coefficient (Wildman–Crippen LogP) is 1.65. The number of rotatable bonds is 4. The van der Waals surface area contributed by atoms with Crippen LogP contribution < -0.4 is 10.1 Å². The van der Waals surface area contributed by atoms with E-state index >= 15 is 0 Å². The topological polar surface area (TPSA) is 69.0 Å². The van der Waals surface area contributed by atoms with Crippen LogP contribution in [-0.2, 0) is 13.2 Å². The fourth-order valence-electron chi connectivity index (χ4n) is 1.66. The van der Waals surface area contributed by atoms with Crippen molar-refractivity contribution >= 4 is 5.91 Å². The van der Waals surface area contributed by atoms with Crippen LogP contribution in [0, 0.1) is 11.8 Å². The summed E-state index contributed by atoms with van der Waals surface area (Å²) < 4.78 is 44.1. The molecule has 1 amide bonds. The van der Waals surface area contributed by atoms with Crippen molar-refractivity contribution in [3.8, 4) is 17.6 Å². The third kappa shape index (κ3) is 5.01. The number of ether oxygens (including phenoxy) is 1. The van der Waals surface area contributed by atoms with Crippen LogP contribution in [0.25, 0.3) is 0 Å². The molecule has 9 heteroatoms. The minimum atomic E-state index is -4.42. The molecule has 1 N–H and O–H groups in total. The summed E-state index contributed by atoms with van der Waals surface area (Å²) in [4.78, 5) is 11.6. The van der Waals surface area contributed by atoms with Gasteiger partial charge in [0, 0.05) is 7.05 Å². The van der Waals surface area contributed by atoms with Gasteiger partial charge in [-0.1, -0.05) is 23.1 Å². The van der Waals surface area contributed by atoms with E-state index in [-0.39, 0.29) is 24.6 Å². The fourth-order valence-corrected chi connectivity index (χ4v) is 1.66. The maximum absolute atomic E-state index is 12.5. The van der Waals surface area contributed by atoms with E-state index in [4.69, 9.17) is 4.74 Å². The van der Waals surface area contributed by atoms with Gasteiger partial charge in [0.1, 0.15) is 12.4 Å². The molecule has 0 radical (unpaired) electrons. The van der Waals surface area contributed by atoms with E-state index in [1.54, 1.807) is 7.05 Å². The first-order chi connectivity index (χ1) is 11.4. The van der Waals surface area contributed by atoms with Crippen LogP contribution in [0.1, 0.15) is 16.1 Å². The van der Waals surface area contributed by atoms with Gasteiger partial charge in [-0.05, 0) is 18.2 Å². The van der Waals surface area contributed by atoms with Gasteiger partial charge in [0.05, 0.1) is 18.3 Å². The van der Waals surface area contributed by atoms with Crippen LogP contribution in [0.4, 0.5) is 13.2 Å². The molecule has 0 saturated carbocycles. The Hall–Kier alpha value is -3.02. The van der Waals surface area contributed by atoms with Crippen LogP contribution in [-0.4, -0.2) is 34.1 Å². The van der Waals surface area contributed by atoms with Gasteiger partial charge >= 0.3 is 6.18 Å². The van der Waals surface area contributed by atoms with Gasteiger partial charge < -0.3 is 10.1 Å². The van der Waals surface area contributed by atoms with Gasteiger partial charge in [0.2, 0.25) is 0 Å². The molecule has 0 aliphatic carbocycles. The molecule has 24 heavy (non-hydrogen) atoms. The first-order valence-corrected chi connectivity index (χ1v) is 6.76. The zero-order valence-corrected chi connectivity index (χ0v) is 12.6. The molecule has 0 aliphatic heterocycles. The number of nitrogens with zero attached hydrogens (tertiary/aromatic N) is 3. The lowest BCUT2D eigenvalue weighted by molar-refractivity contribution is -0.137. The summed E-state index contributed by atoms with van der Waals surface area (Å²) in [5.41, 5.74) is -0.622. The van der Waals surface area contributed by atoms with Crippen molar-refractivity contribution in [2.75, 3.05) is 13.2 Å². The van der Waals surface area contributed by atoms with Crippen molar-refractivity contribution in [3.05, 3.63) is 41.7 Å². The standard InChI is InChI=1S/C15H13F3N4O2/c1-22-10-13(20-21-22)14(23)19-7-2-3-8-24-12-6-4-5-11(9-12)15(16,17)18/h4-6,9-10H,7-8H2,1H3,(H,19,23). The Morgan fingerprint density at radius 1 is 1.38 bits per heavy atom. The second kappa shape index (κ2) is 7.50. The molecule has 2 aromatic rings. The van der Waals surface area contributed by atoms with Crippen molar-refractivity contribution in [2.24, 2.45) is 7.05 Å². The molecule has 6 nitrogen and oxygen atoms in total. The molecule has 126 valence electrons. The summed E-state index contributed by atoms with van der Waals surface area (Å²) in [6.07, 6.45) is -2.96. The number of halogens is 3. The molecule has 0 bridgehead atoms. The number of benzene rings is 1. The minimum Gasteiger partial charge on any atom is -0.481 e. The smallest absolute Gasteiger partial charge is 0.416 e. The normalized spacial score (nSPS) is 10.7. The highest BCUT2D eigenvalue weighted by Crippen LogP contribution is 2.31. The summed E-state index contributed by atoms with van der Waals surface area (Å²) in [6, 6.07) is 4.53. The van der Waals surface area contributed by atoms with Crippen molar-refractivity contribution in [1.29, 1.82) is 0 Å². The summed E-state index contributed by atoms with van der Waals surface area (Å²) in [5.74, 6) is 4.87. The molecule has 0 fully saturated rings. The lowest BCUT2D eigenvalue weighted by Crippen LogP contribution is -2.24. The highest BCUT2D eigenvalue weighted by molar-refractivity contribution is 5.91. The predicted molar refractivity (Wildman–Crippen MR) is 78.1 cm³/mol. The van der Waals surface area contributed by atoms with Crippen LogP contribution in [0.5, 0.6) is 5.75 Å². The molecule has 0 saturated heterocycles. The number of hydrogen-bond acceptors (Lipinski definition) is 4.